The van der Waals surface area contributed by atoms with Crippen molar-refractivity contribution < 1.29 is 0 Å². The molecule has 1 aromatic carbocycles. The number of nitrogens with zero attached hydrogens (tertiary/aromatic N) is 1. The number of hydrogen-bond acceptors (Lipinski definition) is 2. The molecule has 0 unspecified atom stereocenters. The lowest BCUT2D eigenvalue weighted by atomic mass is 10.1. The van der Waals surface area contributed by atoms with Gasteiger partial charge in [0.1, 0.15) is 0 Å². The van der Waals surface area contributed by atoms with Crippen LogP contribution in [0.25, 0.3) is 0 Å². The van der Waals surface area contributed by atoms with Crippen molar-refractivity contribution in [3.8, 4) is 0 Å². The third kappa shape index (κ3) is 3.46. The zero-order valence-electron chi connectivity index (χ0n) is 10.5. The summed E-state index contributed by atoms with van der Waals surface area (Å²) in [7, 11) is 0. The first-order chi connectivity index (χ1) is 8.24. The maximum atomic E-state index is 5.69. The van der Waals surface area contributed by atoms with Gasteiger partial charge in [0, 0.05) is 23.2 Å². The van der Waals surface area contributed by atoms with Crippen molar-refractivity contribution in [3.05, 3.63) is 28.2 Å². The van der Waals surface area contributed by atoms with Crippen molar-refractivity contribution in [3.63, 3.8) is 0 Å². The molecule has 0 aromatic heterocycles. The molecule has 0 bridgehead atoms. The fourth-order valence-corrected chi connectivity index (χ4v) is 2.56. The van der Waals surface area contributed by atoms with Gasteiger partial charge in [-0.05, 0) is 56.3 Å². The van der Waals surface area contributed by atoms with Crippen molar-refractivity contribution in [2.75, 3.05) is 24.5 Å². The molecule has 2 nitrogen and oxygen atoms in total. The topological polar surface area (TPSA) is 29.3 Å². The van der Waals surface area contributed by atoms with Crippen LogP contribution in [0, 0.1) is 5.92 Å². The van der Waals surface area contributed by atoms with E-state index in [4.69, 9.17) is 5.73 Å². The molecule has 2 rings (SSSR count). The van der Waals surface area contributed by atoms with Crippen molar-refractivity contribution in [1.82, 2.24) is 0 Å². The molecular formula is C14H21BrN2. The van der Waals surface area contributed by atoms with Crippen LogP contribution >= 0.6 is 15.9 Å². The van der Waals surface area contributed by atoms with Crippen LogP contribution in [0.5, 0.6) is 0 Å². The van der Waals surface area contributed by atoms with Gasteiger partial charge in [0.15, 0.2) is 0 Å². The van der Waals surface area contributed by atoms with Crippen LogP contribution in [-0.2, 0) is 6.42 Å². The second kappa shape index (κ2) is 5.87. The van der Waals surface area contributed by atoms with Crippen LogP contribution < -0.4 is 10.6 Å². The summed E-state index contributed by atoms with van der Waals surface area (Å²) in [6.45, 7) is 5.22. The van der Waals surface area contributed by atoms with E-state index in [2.05, 4.69) is 46.0 Å². The van der Waals surface area contributed by atoms with Crippen molar-refractivity contribution in [2.24, 2.45) is 11.7 Å². The molecule has 0 saturated heterocycles. The Balaban J connectivity index is 2.21. The zero-order chi connectivity index (χ0) is 12.3. The van der Waals surface area contributed by atoms with E-state index < -0.39 is 0 Å². The summed E-state index contributed by atoms with van der Waals surface area (Å²) < 4.78 is 1.16. The summed E-state index contributed by atoms with van der Waals surface area (Å²) >= 11 is 3.57. The lowest BCUT2D eigenvalue weighted by Gasteiger charge is -2.26. The zero-order valence-corrected chi connectivity index (χ0v) is 12.0. The number of anilines is 1. The molecule has 1 aliphatic rings. The Morgan fingerprint density at radius 3 is 2.76 bits per heavy atom. The molecule has 0 atom stereocenters. The average Bonchev–Trinajstić information content (AvgIpc) is 3.13. The SMILES string of the molecule is CCN(CC1CC1)c1cc(Br)ccc1CCN. The molecule has 0 amide bonds. The molecule has 94 valence electrons. The van der Waals surface area contributed by atoms with Crippen molar-refractivity contribution >= 4 is 21.6 Å². The molecule has 2 N–H and O–H groups in total. The van der Waals surface area contributed by atoms with Gasteiger partial charge in [0.25, 0.3) is 0 Å². The molecule has 1 saturated carbocycles. The molecule has 3 heteroatoms. The molecule has 1 aliphatic carbocycles. The van der Waals surface area contributed by atoms with Gasteiger partial charge in [-0.3, -0.25) is 0 Å². The van der Waals surface area contributed by atoms with Crippen LogP contribution in [0.2, 0.25) is 0 Å². The van der Waals surface area contributed by atoms with E-state index in [9.17, 15) is 0 Å². The van der Waals surface area contributed by atoms with E-state index in [-0.39, 0.29) is 0 Å². The van der Waals surface area contributed by atoms with E-state index in [0.29, 0.717) is 0 Å². The average molecular weight is 297 g/mol. The van der Waals surface area contributed by atoms with Gasteiger partial charge in [-0.25, -0.2) is 0 Å². The van der Waals surface area contributed by atoms with Crippen molar-refractivity contribution in [1.29, 1.82) is 0 Å². The molecule has 1 aromatic rings. The Labute approximate surface area is 112 Å². The number of rotatable bonds is 6. The van der Waals surface area contributed by atoms with Crippen LogP contribution in [-0.4, -0.2) is 19.6 Å². The minimum atomic E-state index is 0.718. The first-order valence-corrected chi connectivity index (χ1v) is 7.27. The Hall–Kier alpha value is -0.540. The Morgan fingerprint density at radius 1 is 1.41 bits per heavy atom. The Morgan fingerprint density at radius 2 is 2.18 bits per heavy atom. The van der Waals surface area contributed by atoms with Gasteiger partial charge in [-0.15, -0.1) is 0 Å². The minimum Gasteiger partial charge on any atom is -0.371 e. The molecule has 17 heavy (non-hydrogen) atoms. The second-order valence-electron chi connectivity index (χ2n) is 4.79. The smallest absolute Gasteiger partial charge is 0.0410 e. The summed E-state index contributed by atoms with van der Waals surface area (Å²) in [5.41, 5.74) is 8.43. The van der Waals surface area contributed by atoms with Crippen LogP contribution in [0.4, 0.5) is 5.69 Å². The van der Waals surface area contributed by atoms with E-state index in [0.717, 1.165) is 29.9 Å². The van der Waals surface area contributed by atoms with Gasteiger partial charge >= 0.3 is 0 Å². The largest absolute Gasteiger partial charge is 0.371 e. The van der Waals surface area contributed by atoms with Gasteiger partial charge < -0.3 is 10.6 Å². The Bertz CT molecular complexity index is 374. The predicted molar refractivity (Wildman–Crippen MR) is 77.5 cm³/mol. The number of nitrogens with two attached hydrogens (primary N) is 1. The first kappa shape index (κ1) is 12.9. The van der Waals surface area contributed by atoms with Crippen LogP contribution in [0.1, 0.15) is 25.3 Å². The van der Waals surface area contributed by atoms with Gasteiger partial charge in [-0.1, -0.05) is 22.0 Å². The third-order valence-electron chi connectivity index (χ3n) is 3.36. The van der Waals surface area contributed by atoms with Crippen LogP contribution in [0.15, 0.2) is 22.7 Å². The van der Waals surface area contributed by atoms with E-state index in [1.807, 2.05) is 0 Å². The van der Waals surface area contributed by atoms with E-state index in [1.54, 1.807) is 0 Å². The van der Waals surface area contributed by atoms with Gasteiger partial charge in [0.2, 0.25) is 0 Å². The molecule has 1 fully saturated rings. The predicted octanol–water partition coefficient (Wildman–Crippen LogP) is 3.19. The highest BCUT2D eigenvalue weighted by atomic mass is 79.9. The fraction of sp³-hybridized carbons (Fsp3) is 0.571. The second-order valence-corrected chi connectivity index (χ2v) is 5.71. The maximum absolute atomic E-state index is 5.69. The fourth-order valence-electron chi connectivity index (χ4n) is 2.21. The number of benzene rings is 1. The highest BCUT2D eigenvalue weighted by Gasteiger charge is 2.24. The van der Waals surface area contributed by atoms with Crippen LogP contribution in [0.3, 0.4) is 0 Å². The number of hydrogen-bond donors (Lipinski definition) is 1. The Kier molecular flexibility index (Phi) is 4.46. The summed E-state index contributed by atoms with van der Waals surface area (Å²) in [6, 6.07) is 6.54. The number of halogens is 1. The van der Waals surface area contributed by atoms with Gasteiger partial charge in [-0.2, -0.15) is 0 Å². The lowest BCUT2D eigenvalue weighted by Crippen LogP contribution is -2.26. The molecule has 0 radical (unpaired) electrons. The van der Waals surface area contributed by atoms with Crippen molar-refractivity contribution in [2.45, 2.75) is 26.2 Å². The minimum absolute atomic E-state index is 0.718. The maximum Gasteiger partial charge on any atom is 0.0410 e. The quantitative estimate of drug-likeness (QED) is 0.874. The van der Waals surface area contributed by atoms with Gasteiger partial charge in [0.05, 0.1) is 0 Å². The highest BCUT2D eigenvalue weighted by molar-refractivity contribution is 9.10. The van der Waals surface area contributed by atoms with E-state index in [1.165, 1.54) is 30.6 Å². The van der Waals surface area contributed by atoms with E-state index >= 15 is 0 Å². The molecule has 0 spiro atoms. The summed E-state index contributed by atoms with van der Waals surface area (Å²) in [6.07, 6.45) is 3.76. The molecule has 0 heterocycles. The monoisotopic (exact) mass is 296 g/mol. The normalized spacial score (nSPS) is 15.0. The highest BCUT2D eigenvalue weighted by Crippen LogP contribution is 2.33. The summed E-state index contributed by atoms with van der Waals surface area (Å²) in [4.78, 5) is 2.49. The lowest BCUT2D eigenvalue weighted by molar-refractivity contribution is 0.736. The standard InChI is InChI=1S/C14H21BrN2/c1-2-17(10-11-3-4-11)14-9-13(15)6-5-12(14)7-8-16/h5-6,9,11H,2-4,7-8,10,16H2,1H3. The summed E-state index contributed by atoms with van der Waals surface area (Å²) in [5, 5.41) is 0. The molecule has 0 aliphatic heterocycles. The first-order valence-electron chi connectivity index (χ1n) is 6.48. The molecular weight excluding hydrogens is 276 g/mol. The third-order valence-corrected chi connectivity index (χ3v) is 3.85. The summed E-state index contributed by atoms with van der Waals surface area (Å²) in [5.74, 6) is 0.916.